The van der Waals surface area contributed by atoms with Gasteiger partial charge in [0.15, 0.2) is 0 Å². The van der Waals surface area contributed by atoms with Gasteiger partial charge in [-0.2, -0.15) is 0 Å². The normalized spacial score (nSPS) is 19.0. The van der Waals surface area contributed by atoms with E-state index in [9.17, 15) is 0 Å². The molecule has 0 fully saturated rings. The summed E-state index contributed by atoms with van der Waals surface area (Å²) in [4.78, 5) is 1.41. The molecule has 2 aliphatic carbocycles. The molecule has 0 spiro atoms. The van der Waals surface area contributed by atoms with Gasteiger partial charge >= 0.3 is 0 Å². The Morgan fingerprint density at radius 2 is 0.985 bits per heavy atom. The number of hydrogen-bond donors (Lipinski definition) is 0. The van der Waals surface area contributed by atoms with Gasteiger partial charge in [-0.3, -0.25) is 0 Å². The third-order valence-electron chi connectivity index (χ3n) is 15.0. The van der Waals surface area contributed by atoms with E-state index in [1.165, 1.54) is 124 Å². The lowest BCUT2D eigenvalue weighted by molar-refractivity contribution is 0.272. The van der Waals surface area contributed by atoms with E-state index in [1.807, 2.05) is 23.1 Å². The highest BCUT2D eigenvalue weighted by Gasteiger charge is 2.39. The van der Waals surface area contributed by atoms with Gasteiger partial charge in [0, 0.05) is 47.4 Å². The van der Waals surface area contributed by atoms with E-state index < -0.39 is 0 Å². The molecule has 0 saturated heterocycles. The van der Waals surface area contributed by atoms with Crippen molar-refractivity contribution in [2.24, 2.45) is 0 Å². The maximum absolute atomic E-state index is 7.09. The second-order valence-corrected chi connectivity index (χ2v) is 20.6. The first kappa shape index (κ1) is 37.8. The quantitative estimate of drug-likeness (QED) is 0.163. The van der Waals surface area contributed by atoms with Gasteiger partial charge in [-0.05, 0) is 106 Å². The first-order valence-electron chi connectivity index (χ1n) is 23.4. The number of allylic oxidation sites excluding steroid dienone is 5. The third kappa shape index (κ3) is 5.44. The average molecular weight is 889 g/mol. The minimum absolute atomic E-state index is 0.0414. The number of thioether (sulfide) groups is 1. The van der Waals surface area contributed by atoms with Crippen LogP contribution in [0, 0.1) is 0 Å². The van der Waals surface area contributed by atoms with E-state index >= 15 is 0 Å². The Balaban J connectivity index is 0.892. The Labute approximate surface area is 396 Å². The molecule has 0 amide bonds. The standard InChI is InChI=1S/C64H40OS2/c1-3-20-42-40(18-1)58(41-19-2-4-21-43(41)60(42)52-29-13-26-48-38-16-9-11-32-56(38)66-63(48)52)37-34-35-50-55(36-37)65-54-31-15-28-51(62(50)54)59-44-22-5-7-24-46(44)61(47-25-8-6-23-45(47)59)53-30-14-27-49-39-17-10-12-33-57(39)67-64(49)53/h1-36,38,54,56,62H/t38-,54?,56?,62?/m1/s1. The molecule has 3 heteroatoms. The van der Waals surface area contributed by atoms with Crippen LogP contribution < -0.4 is 4.74 Å². The average Bonchev–Trinajstić information content (AvgIpc) is 4.09. The van der Waals surface area contributed by atoms with Crippen LogP contribution in [0.4, 0.5) is 0 Å². The second-order valence-electron chi connectivity index (χ2n) is 18.4. The molecule has 0 saturated carbocycles. The Kier molecular flexibility index (Phi) is 8.19. The minimum atomic E-state index is -0.114. The fraction of sp³-hybridized carbons (Fsp3) is 0.0625. The van der Waals surface area contributed by atoms with Crippen LogP contribution in [0.1, 0.15) is 28.5 Å². The number of thiophene rings is 1. The molecule has 15 rings (SSSR count). The van der Waals surface area contributed by atoms with Crippen molar-refractivity contribution in [3.05, 3.63) is 235 Å². The van der Waals surface area contributed by atoms with Gasteiger partial charge in [-0.1, -0.05) is 200 Å². The fourth-order valence-corrected chi connectivity index (χ4v) is 14.9. The molecule has 1 aromatic heterocycles. The Morgan fingerprint density at radius 3 is 1.69 bits per heavy atom. The van der Waals surface area contributed by atoms with Crippen LogP contribution >= 0.6 is 23.1 Å². The Hall–Kier alpha value is -7.43. The molecule has 0 bridgehead atoms. The minimum Gasteiger partial charge on any atom is -0.485 e. The topological polar surface area (TPSA) is 9.23 Å². The molecule has 2 aliphatic heterocycles. The van der Waals surface area contributed by atoms with Gasteiger partial charge in [0.2, 0.25) is 0 Å². The lowest BCUT2D eigenvalue weighted by Gasteiger charge is -2.26. The number of ether oxygens (including phenoxy) is 1. The second kappa shape index (κ2) is 14.5. The van der Waals surface area contributed by atoms with Crippen molar-refractivity contribution in [3.8, 4) is 39.1 Å². The van der Waals surface area contributed by atoms with Crippen molar-refractivity contribution in [3.63, 3.8) is 0 Å². The van der Waals surface area contributed by atoms with E-state index in [0.717, 1.165) is 5.75 Å². The molecule has 67 heavy (non-hydrogen) atoms. The van der Waals surface area contributed by atoms with Crippen molar-refractivity contribution in [2.45, 2.75) is 28.1 Å². The molecular formula is C64H40OS2. The van der Waals surface area contributed by atoms with E-state index in [-0.39, 0.29) is 12.0 Å². The first-order chi connectivity index (χ1) is 33.3. The van der Waals surface area contributed by atoms with Crippen molar-refractivity contribution >= 4 is 91.9 Å². The largest absolute Gasteiger partial charge is 0.485 e. The summed E-state index contributed by atoms with van der Waals surface area (Å²) in [6.07, 6.45) is 15.9. The summed E-state index contributed by atoms with van der Waals surface area (Å²) in [7, 11) is 0. The summed E-state index contributed by atoms with van der Waals surface area (Å²) in [5.41, 5.74) is 12.9. The van der Waals surface area contributed by atoms with E-state index in [1.54, 1.807) is 0 Å². The van der Waals surface area contributed by atoms with Crippen molar-refractivity contribution < 1.29 is 4.74 Å². The maximum Gasteiger partial charge on any atom is 0.128 e. The number of hydrogen-bond acceptors (Lipinski definition) is 3. The SMILES string of the molecule is C1=CC2Oc3cc(-c4c5ccccc5c(-c5cccc6c5SC5C=CC=C[C@H]65)c5ccccc45)ccc3C2C(c2c3ccccc3c(-c3cccc4c3sc3ccccc34)c3ccccc23)=C1. The first-order valence-corrected chi connectivity index (χ1v) is 25.1. The van der Waals surface area contributed by atoms with Gasteiger partial charge in [0.1, 0.15) is 11.9 Å². The fourth-order valence-electron chi connectivity index (χ4n) is 12.2. The van der Waals surface area contributed by atoms with Crippen molar-refractivity contribution in [2.75, 3.05) is 0 Å². The number of fused-ring (bicyclic) bond motifs is 13. The monoisotopic (exact) mass is 888 g/mol. The molecular weight excluding hydrogens is 849 g/mol. The molecule has 3 unspecified atom stereocenters. The zero-order valence-electron chi connectivity index (χ0n) is 36.3. The highest BCUT2D eigenvalue weighted by Crippen LogP contribution is 2.57. The highest BCUT2D eigenvalue weighted by atomic mass is 32.2. The molecule has 10 aromatic carbocycles. The van der Waals surface area contributed by atoms with E-state index in [2.05, 4.69) is 218 Å². The summed E-state index contributed by atoms with van der Waals surface area (Å²) in [5.74, 6) is 1.41. The molecule has 11 aromatic rings. The molecule has 4 atom stereocenters. The zero-order valence-corrected chi connectivity index (χ0v) is 38.0. The number of benzene rings is 10. The van der Waals surface area contributed by atoms with Gasteiger partial charge in [0.05, 0.1) is 5.92 Å². The van der Waals surface area contributed by atoms with E-state index in [0.29, 0.717) is 11.2 Å². The molecule has 3 heterocycles. The third-order valence-corrected chi connectivity index (χ3v) is 17.6. The summed E-state index contributed by atoms with van der Waals surface area (Å²) in [6.45, 7) is 0. The highest BCUT2D eigenvalue weighted by molar-refractivity contribution is 8.00. The van der Waals surface area contributed by atoms with Crippen LogP contribution in [-0.4, -0.2) is 11.4 Å². The number of rotatable bonds is 4. The van der Waals surface area contributed by atoms with Crippen molar-refractivity contribution in [1.82, 2.24) is 0 Å². The summed E-state index contributed by atoms with van der Waals surface area (Å²) in [6, 6.07) is 65.9. The van der Waals surface area contributed by atoms with Gasteiger partial charge < -0.3 is 4.74 Å². The van der Waals surface area contributed by atoms with Crippen LogP contribution in [-0.2, 0) is 0 Å². The Morgan fingerprint density at radius 1 is 0.418 bits per heavy atom. The Bertz CT molecular complexity index is 3970. The zero-order chi connectivity index (χ0) is 43.7. The van der Waals surface area contributed by atoms with Crippen LogP contribution in [0.3, 0.4) is 0 Å². The van der Waals surface area contributed by atoms with E-state index in [4.69, 9.17) is 4.74 Å². The predicted molar refractivity (Wildman–Crippen MR) is 287 cm³/mol. The van der Waals surface area contributed by atoms with Gasteiger partial charge in [0.25, 0.3) is 0 Å². The lowest BCUT2D eigenvalue weighted by atomic mass is 9.77. The van der Waals surface area contributed by atoms with Crippen LogP contribution in [0.5, 0.6) is 5.75 Å². The van der Waals surface area contributed by atoms with Crippen LogP contribution in [0.15, 0.2) is 223 Å². The van der Waals surface area contributed by atoms with Crippen LogP contribution in [0.2, 0.25) is 0 Å². The smallest absolute Gasteiger partial charge is 0.128 e. The summed E-state index contributed by atoms with van der Waals surface area (Å²) in [5, 5.41) is 13.2. The molecule has 314 valence electrons. The lowest BCUT2D eigenvalue weighted by Crippen LogP contribution is -2.19. The van der Waals surface area contributed by atoms with Crippen LogP contribution in [0.25, 0.3) is 102 Å². The van der Waals surface area contributed by atoms with Gasteiger partial charge in [-0.25, -0.2) is 0 Å². The molecule has 4 aliphatic rings. The maximum atomic E-state index is 7.09. The summed E-state index contributed by atoms with van der Waals surface area (Å²) < 4.78 is 9.76. The molecule has 1 nitrogen and oxygen atoms in total. The van der Waals surface area contributed by atoms with Gasteiger partial charge in [-0.15, -0.1) is 23.1 Å². The molecule has 0 radical (unpaired) electrons. The molecule has 0 N–H and O–H groups in total. The summed E-state index contributed by atoms with van der Waals surface area (Å²) >= 11 is 3.92. The predicted octanol–water partition coefficient (Wildman–Crippen LogP) is 17.9. The van der Waals surface area contributed by atoms with Crippen molar-refractivity contribution in [1.29, 1.82) is 0 Å².